The van der Waals surface area contributed by atoms with Crippen LogP contribution in [0.2, 0.25) is 0 Å². The van der Waals surface area contributed by atoms with E-state index in [1.165, 1.54) is 5.56 Å². The highest BCUT2D eigenvalue weighted by atomic mass is 15.2. The summed E-state index contributed by atoms with van der Waals surface area (Å²) in [5.74, 6) is 0. The quantitative estimate of drug-likeness (QED) is 0.782. The van der Waals surface area contributed by atoms with Gasteiger partial charge in [0.15, 0.2) is 0 Å². The summed E-state index contributed by atoms with van der Waals surface area (Å²) in [6.45, 7) is 2.91. The predicted molar refractivity (Wildman–Crippen MR) is 57.1 cm³/mol. The number of aromatic nitrogens is 4. The molecule has 0 saturated carbocycles. The molecule has 2 aromatic rings. The van der Waals surface area contributed by atoms with Crippen LogP contribution in [0.1, 0.15) is 24.2 Å². The molecule has 0 aromatic carbocycles. The number of rotatable bonds is 4. The summed E-state index contributed by atoms with van der Waals surface area (Å²) in [7, 11) is 1.92. The zero-order valence-electron chi connectivity index (χ0n) is 8.94. The lowest BCUT2D eigenvalue weighted by Gasteiger charge is -2.10. The second kappa shape index (κ2) is 4.27. The van der Waals surface area contributed by atoms with E-state index in [2.05, 4.69) is 27.5 Å². The topological polar surface area (TPSA) is 58.5 Å². The Balaban J connectivity index is 1.88. The van der Waals surface area contributed by atoms with Crippen LogP contribution in [0.4, 0.5) is 0 Å². The van der Waals surface area contributed by atoms with Crippen molar-refractivity contribution in [1.82, 2.24) is 25.3 Å². The first kappa shape index (κ1) is 9.92. The molecule has 5 nitrogen and oxygen atoms in total. The Morgan fingerprint density at radius 1 is 1.60 bits per heavy atom. The first-order valence-electron chi connectivity index (χ1n) is 4.96. The monoisotopic (exact) mass is 205 g/mol. The summed E-state index contributed by atoms with van der Waals surface area (Å²) in [6.07, 6.45) is 5.64. The number of aryl methyl sites for hydroxylation is 1. The molecular formula is C10H15N5. The van der Waals surface area contributed by atoms with Crippen molar-refractivity contribution in [3.8, 4) is 0 Å². The molecule has 0 saturated heterocycles. The first-order chi connectivity index (χ1) is 7.25. The Labute approximate surface area is 88.5 Å². The van der Waals surface area contributed by atoms with Crippen molar-refractivity contribution in [2.24, 2.45) is 7.05 Å². The molecule has 2 N–H and O–H groups in total. The normalized spacial score (nSPS) is 12.9. The van der Waals surface area contributed by atoms with Gasteiger partial charge >= 0.3 is 0 Å². The molecule has 0 spiro atoms. The third-order valence-corrected chi connectivity index (χ3v) is 2.36. The lowest BCUT2D eigenvalue weighted by atomic mass is 10.2. The summed E-state index contributed by atoms with van der Waals surface area (Å²) in [5, 5.41) is 14.4. The maximum absolute atomic E-state index is 4.11. The molecule has 2 rings (SSSR count). The highest BCUT2D eigenvalue weighted by molar-refractivity contribution is 5.06. The van der Waals surface area contributed by atoms with Crippen LogP contribution in [0.3, 0.4) is 0 Å². The van der Waals surface area contributed by atoms with Crippen molar-refractivity contribution in [2.75, 3.05) is 0 Å². The molecule has 15 heavy (non-hydrogen) atoms. The van der Waals surface area contributed by atoms with Gasteiger partial charge in [0, 0.05) is 37.6 Å². The largest absolute Gasteiger partial charge is 0.305 e. The van der Waals surface area contributed by atoms with Gasteiger partial charge in [0.1, 0.15) is 0 Å². The third-order valence-electron chi connectivity index (χ3n) is 2.36. The van der Waals surface area contributed by atoms with Gasteiger partial charge < -0.3 is 5.32 Å². The molecule has 0 bridgehead atoms. The van der Waals surface area contributed by atoms with E-state index >= 15 is 0 Å². The molecule has 2 aromatic heterocycles. The fraction of sp³-hybridized carbons (Fsp3) is 0.400. The minimum absolute atomic E-state index is 0.271. The van der Waals surface area contributed by atoms with E-state index in [0.29, 0.717) is 0 Å². The molecule has 0 aliphatic heterocycles. The molecule has 2 heterocycles. The maximum atomic E-state index is 4.11. The highest BCUT2D eigenvalue weighted by Gasteiger charge is 2.05. The van der Waals surface area contributed by atoms with Gasteiger partial charge in [0.05, 0.1) is 11.9 Å². The number of hydrogen-bond donors (Lipinski definition) is 2. The number of aromatic amines is 1. The summed E-state index contributed by atoms with van der Waals surface area (Å²) in [4.78, 5) is 0. The average Bonchev–Trinajstić information content (AvgIpc) is 2.84. The van der Waals surface area contributed by atoms with Gasteiger partial charge in [0.25, 0.3) is 0 Å². The summed E-state index contributed by atoms with van der Waals surface area (Å²) in [6, 6.07) is 2.24. The van der Waals surface area contributed by atoms with E-state index in [-0.39, 0.29) is 6.04 Å². The minimum atomic E-state index is 0.271. The first-order valence-corrected chi connectivity index (χ1v) is 4.96. The highest BCUT2D eigenvalue weighted by Crippen LogP contribution is 2.08. The van der Waals surface area contributed by atoms with Gasteiger partial charge in [-0.15, -0.1) is 0 Å². The number of hydrogen-bond acceptors (Lipinski definition) is 3. The Kier molecular flexibility index (Phi) is 2.82. The van der Waals surface area contributed by atoms with Crippen molar-refractivity contribution in [3.05, 3.63) is 35.9 Å². The molecule has 1 unspecified atom stereocenters. The van der Waals surface area contributed by atoms with Crippen LogP contribution < -0.4 is 5.32 Å². The molecule has 0 aliphatic rings. The van der Waals surface area contributed by atoms with E-state index < -0.39 is 0 Å². The van der Waals surface area contributed by atoms with E-state index in [1.54, 1.807) is 10.9 Å². The molecule has 0 aliphatic carbocycles. The van der Waals surface area contributed by atoms with E-state index in [9.17, 15) is 0 Å². The van der Waals surface area contributed by atoms with Crippen molar-refractivity contribution in [2.45, 2.75) is 19.5 Å². The van der Waals surface area contributed by atoms with Crippen LogP contribution in [0.15, 0.2) is 24.7 Å². The van der Waals surface area contributed by atoms with Crippen LogP contribution in [0, 0.1) is 0 Å². The Hall–Kier alpha value is -1.62. The van der Waals surface area contributed by atoms with Crippen LogP contribution in [-0.4, -0.2) is 20.0 Å². The number of nitrogens with zero attached hydrogens (tertiary/aromatic N) is 3. The molecule has 0 fully saturated rings. The lowest BCUT2D eigenvalue weighted by Crippen LogP contribution is -2.18. The smallest absolute Gasteiger partial charge is 0.0534 e. The second-order valence-corrected chi connectivity index (χ2v) is 3.64. The van der Waals surface area contributed by atoms with Crippen LogP contribution in [0.5, 0.6) is 0 Å². The molecular weight excluding hydrogens is 190 g/mol. The SMILES string of the molecule is CC(NCc1cnn(C)c1)c1ccn[nH]1. The molecule has 1 atom stereocenters. The van der Waals surface area contributed by atoms with Gasteiger partial charge in [-0.25, -0.2) is 0 Å². The average molecular weight is 205 g/mol. The Morgan fingerprint density at radius 2 is 2.47 bits per heavy atom. The van der Waals surface area contributed by atoms with Crippen molar-refractivity contribution >= 4 is 0 Å². The van der Waals surface area contributed by atoms with Crippen molar-refractivity contribution in [3.63, 3.8) is 0 Å². The van der Waals surface area contributed by atoms with Gasteiger partial charge in [-0.3, -0.25) is 9.78 Å². The number of H-pyrrole nitrogens is 1. The van der Waals surface area contributed by atoms with Crippen LogP contribution >= 0.6 is 0 Å². The minimum Gasteiger partial charge on any atom is -0.305 e. The standard InChI is InChI=1S/C10H15N5/c1-8(10-3-4-12-14-10)11-5-9-6-13-15(2)7-9/h3-4,6-8,11H,5H2,1-2H3,(H,12,14). The zero-order valence-corrected chi connectivity index (χ0v) is 8.94. The lowest BCUT2D eigenvalue weighted by molar-refractivity contribution is 0.560. The molecule has 80 valence electrons. The Morgan fingerprint density at radius 3 is 3.07 bits per heavy atom. The summed E-state index contributed by atoms with van der Waals surface area (Å²) in [5.41, 5.74) is 2.28. The molecule has 0 amide bonds. The summed E-state index contributed by atoms with van der Waals surface area (Å²) >= 11 is 0. The third kappa shape index (κ3) is 2.44. The van der Waals surface area contributed by atoms with Gasteiger partial charge in [-0.05, 0) is 13.0 Å². The van der Waals surface area contributed by atoms with E-state index in [4.69, 9.17) is 0 Å². The summed E-state index contributed by atoms with van der Waals surface area (Å²) < 4.78 is 1.80. The number of nitrogens with one attached hydrogen (secondary N) is 2. The van der Waals surface area contributed by atoms with Crippen molar-refractivity contribution < 1.29 is 0 Å². The van der Waals surface area contributed by atoms with Gasteiger partial charge in [0.2, 0.25) is 0 Å². The fourth-order valence-corrected chi connectivity index (χ4v) is 1.45. The van der Waals surface area contributed by atoms with Crippen LogP contribution in [0.25, 0.3) is 0 Å². The van der Waals surface area contributed by atoms with E-state index in [1.807, 2.05) is 25.5 Å². The zero-order chi connectivity index (χ0) is 10.7. The molecule has 0 radical (unpaired) electrons. The maximum Gasteiger partial charge on any atom is 0.0534 e. The fourth-order valence-electron chi connectivity index (χ4n) is 1.45. The van der Waals surface area contributed by atoms with Gasteiger partial charge in [-0.2, -0.15) is 10.2 Å². The molecule has 5 heteroatoms. The van der Waals surface area contributed by atoms with Crippen LogP contribution in [-0.2, 0) is 13.6 Å². The van der Waals surface area contributed by atoms with Gasteiger partial charge in [-0.1, -0.05) is 0 Å². The van der Waals surface area contributed by atoms with E-state index in [0.717, 1.165) is 12.2 Å². The predicted octanol–water partition coefficient (Wildman–Crippen LogP) is 0.994. The van der Waals surface area contributed by atoms with Crippen molar-refractivity contribution in [1.29, 1.82) is 0 Å². The Bertz CT molecular complexity index is 403. The second-order valence-electron chi connectivity index (χ2n) is 3.64.